The molecule has 133 valence electrons. The second-order valence-corrected chi connectivity index (χ2v) is 9.13. The van der Waals surface area contributed by atoms with E-state index >= 15 is 0 Å². The third-order valence-electron chi connectivity index (χ3n) is 3.91. The molecule has 4 heteroatoms. The van der Waals surface area contributed by atoms with Crippen LogP contribution in [-0.4, -0.2) is 14.4 Å². The Balaban J connectivity index is 0. The van der Waals surface area contributed by atoms with Crippen LogP contribution in [0.1, 0.15) is 90.4 Å². The Labute approximate surface area is 171 Å². The van der Waals surface area contributed by atoms with Gasteiger partial charge < -0.3 is 5.73 Å². The van der Waals surface area contributed by atoms with Gasteiger partial charge in [0, 0.05) is 24.9 Å². The van der Waals surface area contributed by atoms with Crippen molar-refractivity contribution in [2.75, 3.05) is 6.54 Å². The molecule has 0 saturated heterocycles. The van der Waals surface area contributed by atoms with Gasteiger partial charge in [0.1, 0.15) is 0 Å². The molecular weight excluding hydrogens is 536 g/mol. The van der Waals surface area contributed by atoms with Crippen LogP contribution in [0.2, 0.25) is 0 Å². The van der Waals surface area contributed by atoms with Crippen molar-refractivity contribution in [1.82, 2.24) is 0 Å². The molecule has 1 nitrogen and oxygen atoms in total. The topological polar surface area (TPSA) is 26.0 Å². The van der Waals surface area contributed by atoms with E-state index in [0.29, 0.717) is 0 Å². The van der Waals surface area contributed by atoms with Crippen molar-refractivity contribution in [3.63, 3.8) is 0 Å². The summed E-state index contributed by atoms with van der Waals surface area (Å²) in [7, 11) is 0. The van der Waals surface area contributed by atoms with Gasteiger partial charge in [-0.3, -0.25) is 0 Å². The minimum atomic E-state index is 0. The molecule has 2 atom stereocenters. The maximum Gasteiger partial charge on any atom is 0.0227 e. The first-order valence-electron chi connectivity index (χ1n) is 8.70. The van der Waals surface area contributed by atoms with Crippen molar-refractivity contribution in [2.24, 2.45) is 5.73 Å². The molecule has 2 unspecified atom stereocenters. The first kappa shape index (κ1) is 25.2. The summed E-state index contributed by atoms with van der Waals surface area (Å²) in [5.41, 5.74) is 5.51. The van der Waals surface area contributed by atoms with Crippen LogP contribution in [0.5, 0.6) is 0 Å². The third kappa shape index (κ3) is 18.1. The standard InChI is InChI=1S/C17H35I2N.Cu/c1-2-3-4-5-7-10-13-16(18)17(19)14-11-8-6-9-12-15-20;/h16-17H,2-15,20H2,1H3;. The second-order valence-electron chi connectivity index (χ2n) is 5.93. The Morgan fingerprint density at radius 2 is 1.05 bits per heavy atom. The molecule has 0 saturated carbocycles. The Kier molecular flexibility index (Phi) is 24.0. The largest absolute Gasteiger partial charge is 0.330 e. The van der Waals surface area contributed by atoms with Crippen molar-refractivity contribution in [1.29, 1.82) is 0 Å². The van der Waals surface area contributed by atoms with Gasteiger partial charge in [-0.2, -0.15) is 0 Å². The molecule has 0 aliphatic rings. The number of alkyl halides is 2. The van der Waals surface area contributed by atoms with Crippen LogP contribution in [0, 0.1) is 0 Å². The molecule has 0 rings (SSSR count). The van der Waals surface area contributed by atoms with Crippen LogP contribution in [0.15, 0.2) is 0 Å². The van der Waals surface area contributed by atoms with Gasteiger partial charge in [-0.15, -0.1) is 0 Å². The number of rotatable bonds is 15. The second kappa shape index (κ2) is 20.0. The molecule has 0 aromatic carbocycles. The van der Waals surface area contributed by atoms with Crippen molar-refractivity contribution in [2.45, 2.75) is 98.2 Å². The normalized spacial score (nSPS) is 13.7. The SMILES string of the molecule is CCCCCCCCC(I)C(I)CCCCCCCN.[Cu]. The molecule has 0 amide bonds. The molecule has 0 heterocycles. The van der Waals surface area contributed by atoms with E-state index in [1.165, 1.54) is 83.5 Å². The molecule has 2 N–H and O–H groups in total. The summed E-state index contributed by atoms with van der Waals surface area (Å²) in [5.74, 6) is 0. The first-order chi connectivity index (χ1) is 9.72. The van der Waals surface area contributed by atoms with Gasteiger partial charge in [0.2, 0.25) is 0 Å². The van der Waals surface area contributed by atoms with Crippen molar-refractivity contribution < 1.29 is 17.1 Å². The van der Waals surface area contributed by atoms with Crippen molar-refractivity contribution >= 4 is 45.2 Å². The van der Waals surface area contributed by atoms with Gasteiger partial charge in [-0.05, 0) is 25.8 Å². The van der Waals surface area contributed by atoms with Gasteiger partial charge in [0.25, 0.3) is 0 Å². The summed E-state index contributed by atoms with van der Waals surface area (Å²) in [6.45, 7) is 3.15. The zero-order valence-electron chi connectivity index (χ0n) is 13.7. The summed E-state index contributed by atoms with van der Waals surface area (Å²) in [6.07, 6.45) is 18.1. The fourth-order valence-electron chi connectivity index (χ4n) is 2.50. The van der Waals surface area contributed by atoms with Crippen LogP contribution in [0.4, 0.5) is 0 Å². The Morgan fingerprint density at radius 3 is 1.48 bits per heavy atom. The Bertz CT molecular complexity index is 174. The molecule has 1 radical (unpaired) electrons. The first-order valence-corrected chi connectivity index (χ1v) is 11.2. The monoisotopic (exact) mass is 570 g/mol. The van der Waals surface area contributed by atoms with Crippen LogP contribution in [0.3, 0.4) is 0 Å². The smallest absolute Gasteiger partial charge is 0.0227 e. The molecule has 0 aliphatic heterocycles. The van der Waals surface area contributed by atoms with Gasteiger partial charge in [-0.1, -0.05) is 116 Å². The number of halogens is 2. The van der Waals surface area contributed by atoms with E-state index < -0.39 is 0 Å². The zero-order chi connectivity index (χ0) is 15.1. The summed E-state index contributed by atoms with van der Waals surface area (Å²) < 4.78 is 1.75. The van der Waals surface area contributed by atoms with Gasteiger partial charge in [0.05, 0.1) is 0 Å². The summed E-state index contributed by atoms with van der Waals surface area (Å²) in [4.78, 5) is 0. The van der Waals surface area contributed by atoms with E-state index in [0.717, 1.165) is 14.4 Å². The number of hydrogen-bond donors (Lipinski definition) is 1. The minimum Gasteiger partial charge on any atom is -0.330 e. The summed E-state index contributed by atoms with van der Waals surface area (Å²) in [5, 5.41) is 0. The third-order valence-corrected chi connectivity index (χ3v) is 8.27. The van der Waals surface area contributed by atoms with Crippen molar-refractivity contribution in [3.05, 3.63) is 0 Å². The fraction of sp³-hybridized carbons (Fsp3) is 1.00. The predicted octanol–water partition coefficient (Wildman–Crippen LogP) is 6.64. The molecule has 0 bridgehead atoms. The fourth-order valence-corrected chi connectivity index (χ4v) is 4.10. The maximum atomic E-state index is 5.51. The minimum absolute atomic E-state index is 0. The number of hydrogen-bond acceptors (Lipinski definition) is 1. The average molecular weight is 571 g/mol. The predicted molar refractivity (Wildman–Crippen MR) is 110 cm³/mol. The molecule has 0 fully saturated rings. The number of unbranched alkanes of at least 4 members (excludes halogenated alkanes) is 9. The zero-order valence-corrected chi connectivity index (χ0v) is 18.9. The van der Waals surface area contributed by atoms with Gasteiger partial charge in [-0.25, -0.2) is 0 Å². The molecule has 0 aromatic heterocycles. The quantitative estimate of drug-likeness (QED) is 0.102. The van der Waals surface area contributed by atoms with E-state index in [1.54, 1.807) is 0 Å². The molecule has 21 heavy (non-hydrogen) atoms. The van der Waals surface area contributed by atoms with E-state index in [2.05, 4.69) is 52.1 Å². The average Bonchev–Trinajstić information content (AvgIpc) is 2.45. The Morgan fingerprint density at radius 1 is 0.667 bits per heavy atom. The van der Waals surface area contributed by atoms with E-state index in [1.807, 2.05) is 0 Å². The van der Waals surface area contributed by atoms with Gasteiger partial charge in [0.15, 0.2) is 0 Å². The molecular formula is C17H35CuI2N. The van der Waals surface area contributed by atoms with Crippen LogP contribution in [-0.2, 0) is 17.1 Å². The van der Waals surface area contributed by atoms with E-state index in [4.69, 9.17) is 5.73 Å². The molecule has 0 aliphatic carbocycles. The summed E-state index contributed by atoms with van der Waals surface area (Å²) in [6, 6.07) is 0. The summed E-state index contributed by atoms with van der Waals surface area (Å²) >= 11 is 5.37. The van der Waals surface area contributed by atoms with Crippen molar-refractivity contribution in [3.8, 4) is 0 Å². The Hall–Kier alpha value is 1.94. The van der Waals surface area contributed by atoms with Crippen LogP contribution in [0.25, 0.3) is 0 Å². The molecule has 0 aromatic rings. The maximum absolute atomic E-state index is 5.51. The van der Waals surface area contributed by atoms with E-state index in [-0.39, 0.29) is 17.1 Å². The number of nitrogens with two attached hydrogens (primary N) is 1. The van der Waals surface area contributed by atoms with Crippen LogP contribution < -0.4 is 5.73 Å². The van der Waals surface area contributed by atoms with Gasteiger partial charge >= 0.3 is 0 Å². The molecule has 0 spiro atoms. The van der Waals surface area contributed by atoms with E-state index in [9.17, 15) is 0 Å². The van der Waals surface area contributed by atoms with Crippen LogP contribution >= 0.6 is 45.2 Å².